The van der Waals surface area contributed by atoms with Gasteiger partial charge in [0.1, 0.15) is 11.5 Å². The van der Waals surface area contributed by atoms with Gasteiger partial charge in [-0.1, -0.05) is 42.5 Å². The number of esters is 1. The van der Waals surface area contributed by atoms with Crippen molar-refractivity contribution in [3.63, 3.8) is 0 Å². The van der Waals surface area contributed by atoms with E-state index in [2.05, 4.69) is 5.32 Å². The van der Waals surface area contributed by atoms with Crippen molar-refractivity contribution in [2.75, 3.05) is 24.3 Å². The van der Waals surface area contributed by atoms with Gasteiger partial charge in [-0.25, -0.2) is 4.39 Å². The fraction of sp³-hybridized carbons (Fsp3) is 0.121. The Bertz CT molecular complexity index is 1740. The number of rotatable bonds is 7. The molecule has 0 aliphatic heterocycles. The number of benzene rings is 4. The Morgan fingerprint density at radius 3 is 2.29 bits per heavy atom. The molecule has 206 valence electrons. The van der Waals surface area contributed by atoms with Crippen LogP contribution in [0.1, 0.15) is 22.8 Å². The minimum atomic E-state index is -0.484. The number of nitrogens with zero attached hydrogens (tertiary/aromatic N) is 3. The van der Waals surface area contributed by atoms with Crippen LogP contribution >= 0.6 is 0 Å². The highest BCUT2D eigenvalue weighted by atomic mass is 19.1. The van der Waals surface area contributed by atoms with E-state index in [1.807, 2.05) is 86.6 Å². The second-order valence-electron chi connectivity index (χ2n) is 9.86. The topological polar surface area (TPSA) is 76.5 Å². The summed E-state index contributed by atoms with van der Waals surface area (Å²) in [4.78, 5) is 27.0. The number of nitrogens with one attached hydrogen (secondary N) is 1. The van der Waals surface area contributed by atoms with Crippen molar-refractivity contribution >= 4 is 23.3 Å². The van der Waals surface area contributed by atoms with E-state index >= 15 is 0 Å². The van der Waals surface area contributed by atoms with Crippen LogP contribution in [0.4, 0.5) is 15.8 Å². The van der Waals surface area contributed by atoms with Gasteiger partial charge in [-0.3, -0.25) is 9.59 Å². The van der Waals surface area contributed by atoms with E-state index in [-0.39, 0.29) is 11.4 Å². The fourth-order valence-corrected chi connectivity index (χ4v) is 4.51. The Kier molecular flexibility index (Phi) is 7.65. The summed E-state index contributed by atoms with van der Waals surface area (Å²) in [5.41, 5.74) is 6.34. The molecule has 41 heavy (non-hydrogen) atoms. The summed E-state index contributed by atoms with van der Waals surface area (Å²) in [5, 5.41) is 7.75. The van der Waals surface area contributed by atoms with E-state index in [1.165, 1.54) is 25.1 Å². The molecule has 1 aromatic heterocycles. The minimum absolute atomic E-state index is 0.216. The van der Waals surface area contributed by atoms with E-state index in [0.717, 1.165) is 28.1 Å². The molecule has 8 heteroatoms. The molecular weight excluding hydrogens is 519 g/mol. The van der Waals surface area contributed by atoms with Crippen molar-refractivity contribution in [2.24, 2.45) is 0 Å². The van der Waals surface area contributed by atoms with Gasteiger partial charge in [0, 0.05) is 43.5 Å². The van der Waals surface area contributed by atoms with Gasteiger partial charge in [0.25, 0.3) is 5.91 Å². The minimum Gasteiger partial charge on any atom is -0.407 e. The molecule has 0 atom stereocenters. The lowest BCUT2D eigenvalue weighted by molar-refractivity contribution is -0.132. The van der Waals surface area contributed by atoms with Gasteiger partial charge in [0.15, 0.2) is 0 Å². The molecule has 0 radical (unpaired) electrons. The van der Waals surface area contributed by atoms with Gasteiger partial charge in [0.05, 0.1) is 11.3 Å². The standard InChI is InChI=1S/C33H29FN4O3/c1-21-8-5-13-29(18-21)38-33(41-22(2)39)30(31(36-38)24-9-7-12-28(20-24)37(3)4)23-14-16-27(17-15-23)35-32(40)25-10-6-11-26(34)19-25/h5-20H,1-4H3,(H,35,40). The molecule has 0 aliphatic carbocycles. The monoisotopic (exact) mass is 548 g/mol. The van der Waals surface area contributed by atoms with Crippen LogP contribution in [0.3, 0.4) is 0 Å². The molecule has 0 fully saturated rings. The zero-order valence-electron chi connectivity index (χ0n) is 23.2. The Hall–Kier alpha value is -5.24. The van der Waals surface area contributed by atoms with E-state index in [1.54, 1.807) is 22.9 Å². The molecule has 7 nitrogen and oxygen atoms in total. The van der Waals surface area contributed by atoms with Gasteiger partial charge < -0.3 is 15.0 Å². The third-order valence-corrected chi connectivity index (χ3v) is 6.48. The van der Waals surface area contributed by atoms with Gasteiger partial charge in [-0.15, -0.1) is 0 Å². The summed E-state index contributed by atoms with van der Waals surface area (Å²) in [5.74, 6) is -1.11. The molecule has 0 bridgehead atoms. The highest BCUT2D eigenvalue weighted by Crippen LogP contribution is 2.42. The third-order valence-electron chi connectivity index (χ3n) is 6.48. The van der Waals surface area contributed by atoms with Gasteiger partial charge in [0.2, 0.25) is 5.88 Å². The van der Waals surface area contributed by atoms with Crippen LogP contribution in [0.25, 0.3) is 28.1 Å². The van der Waals surface area contributed by atoms with Crippen molar-refractivity contribution < 1.29 is 18.7 Å². The van der Waals surface area contributed by atoms with Crippen LogP contribution in [-0.2, 0) is 4.79 Å². The fourth-order valence-electron chi connectivity index (χ4n) is 4.51. The van der Waals surface area contributed by atoms with Crippen LogP contribution in [0, 0.1) is 12.7 Å². The number of hydrogen-bond acceptors (Lipinski definition) is 5. The Balaban J connectivity index is 1.63. The predicted molar refractivity (Wildman–Crippen MR) is 159 cm³/mol. The SMILES string of the molecule is CC(=O)Oc1c(-c2ccc(NC(=O)c3cccc(F)c3)cc2)c(-c2cccc(N(C)C)c2)nn1-c1cccc(C)c1. The molecule has 0 unspecified atom stereocenters. The number of ether oxygens (including phenoxy) is 1. The zero-order chi connectivity index (χ0) is 29.1. The number of halogens is 1. The van der Waals surface area contributed by atoms with Crippen molar-refractivity contribution in [1.82, 2.24) is 9.78 Å². The first-order valence-corrected chi connectivity index (χ1v) is 13.0. The summed E-state index contributed by atoms with van der Waals surface area (Å²) in [7, 11) is 3.93. The van der Waals surface area contributed by atoms with Crippen LogP contribution in [0.5, 0.6) is 5.88 Å². The first-order chi connectivity index (χ1) is 19.7. The number of aryl methyl sites for hydroxylation is 1. The van der Waals surface area contributed by atoms with Crippen molar-refractivity contribution in [2.45, 2.75) is 13.8 Å². The number of carbonyl (C=O) groups is 2. The van der Waals surface area contributed by atoms with Crippen LogP contribution in [0.15, 0.2) is 97.1 Å². The molecule has 1 N–H and O–H groups in total. The number of amides is 1. The second-order valence-corrected chi connectivity index (χ2v) is 9.86. The lowest BCUT2D eigenvalue weighted by atomic mass is 10.0. The molecule has 0 spiro atoms. The van der Waals surface area contributed by atoms with Crippen LogP contribution in [-0.4, -0.2) is 35.8 Å². The first-order valence-electron chi connectivity index (χ1n) is 13.0. The maximum absolute atomic E-state index is 13.6. The Morgan fingerprint density at radius 1 is 0.878 bits per heavy atom. The van der Waals surface area contributed by atoms with Crippen molar-refractivity contribution in [3.05, 3.63) is 114 Å². The number of carbonyl (C=O) groups excluding carboxylic acids is 2. The average Bonchev–Trinajstić information content (AvgIpc) is 3.32. The van der Waals surface area contributed by atoms with Gasteiger partial charge in [-0.05, 0) is 72.6 Å². The van der Waals surface area contributed by atoms with Crippen LogP contribution < -0.4 is 15.0 Å². The van der Waals surface area contributed by atoms with E-state index in [0.29, 0.717) is 16.9 Å². The molecular formula is C33H29FN4O3. The number of hydrogen-bond donors (Lipinski definition) is 1. The lowest BCUT2D eigenvalue weighted by Crippen LogP contribution is -2.11. The normalized spacial score (nSPS) is 10.8. The Morgan fingerprint density at radius 2 is 1.61 bits per heavy atom. The molecule has 1 heterocycles. The smallest absolute Gasteiger partial charge is 0.309 e. The highest BCUT2D eigenvalue weighted by molar-refractivity contribution is 6.04. The third kappa shape index (κ3) is 6.01. The highest BCUT2D eigenvalue weighted by Gasteiger charge is 2.25. The van der Waals surface area contributed by atoms with Crippen molar-refractivity contribution in [1.29, 1.82) is 0 Å². The largest absolute Gasteiger partial charge is 0.407 e. The molecule has 5 aromatic rings. The molecule has 4 aromatic carbocycles. The summed E-state index contributed by atoms with van der Waals surface area (Å²) < 4.78 is 21.1. The van der Waals surface area contributed by atoms with E-state index < -0.39 is 17.7 Å². The van der Waals surface area contributed by atoms with Crippen LogP contribution in [0.2, 0.25) is 0 Å². The second kappa shape index (κ2) is 11.5. The summed E-state index contributed by atoms with van der Waals surface area (Å²) in [6.07, 6.45) is 0. The predicted octanol–water partition coefficient (Wildman–Crippen LogP) is 6.90. The summed E-state index contributed by atoms with van der Waals surface area (Å²) >= 11 is 0. The van der Waals surface area contributed by atoms with Gasteiger partial charge in [-0.2, -0.15) is 9.78 Å². The Labute approximate surface area is 237 Å². The maximum atomic E-state index is 13.6. The maximum Gasteiger partial charge on any atom is 0.309 e. The summed E-state index contributed by atoms with van der Waals surface area (Å²) in [6, 6.07) is 28.4. The van der Waals surface area contributed by atoms with E-state index in [9.17, 15) is 14.0 Å². The first kappa shape index (κ1) is 27.3. The number of aromatic nitrogens is 2. The molecule has 0 saturated carbocycles. The quantitative estimate of drug-likeness (QED) is 0.224. The van der Waals surface area contributed by atoms with Gasteiger partial charge >= 0.3 is 5.97 Å². The van der Waals surface area contributed by atoms with Crippen molar-refractivity contribution in [3.8, 4) is 34.0 Å². The molecule has 0 aliphatic rings. The molecule has 5 rings (SSSR count). The zero-order valence-corrected chi connectivity index (χ0v) is 23.2. The molecule has 0 saturated heterocycles. The number of anilines is 2. The summed E-state index contributed by atoms with van der Waals surface area (Å²) in [6.45, 7) is 3.34. The molecule has 1 amide bonds. The van der Waals surface area contributed by atoms with E-state index in [4.69, 9.17) is 9.84 Å². The average molecular weight is 549 g/mol. The lowest BCUT2D eigenvalue weighted by Gasteiger charge is -2.14.